The molecular weight excluding hydrogens is 434 g/mol. The molecule has 138 valence electrons. The molecule has 0 bridgehead atoms. The lowest BCUT2D eigenvalue weighted by Crippen LogP contribution is -2.54. The van der Waals surface area contributed by atoms with E-state index in [9.17, 15) is 14.4 Å². The van der Waals surface area contributed by atoms with Crippen molar-refractivity contribution in [2.75, 3.05) is 23.9 Å². The number of amides is 4. The molecule has 1 saturated heterocycles. The normalized spacial score (nSPS) is 15.9. The molecule has 2 aromatic rings. The van der Waals surface area contributed by atoms with Gasteiger partial charge in [0.25, 0.3) is 11.8 Å². The molecule has 2 aromatic carbocycles. The predicted molar refractivity (Wildman–Crippen MR) is 109 cm³/mol. The molecule has 4 amide bonds. The summed E-state index contributed by atoms with van der Waals surface area (Å²) in [7, 11) is 3.82. The van der Waals surface area contributed by atoms with E-state index in [1.54, 1.807) is 24.3 Å². The summed E-state index contributed by atoms with van der Waals surface area (Å²) in [6, 6.07) is 10.9. The number of carbonyl (C=O) groups excluding carboxylic acids is 3. The number of benzene rings is 2. The maximum absolute atomic E-state index is 12.8. The highest BCUT2D eigenvalue weighted by atomic mass is 79.9. The van der Waals surface area contributed by atoms with Gasteiger partial charge in [-0.25, -0.2) is 9.69 Å². The highest BCUT2D eigenvalue weighted by Crippen LogP contribution is 2.28. The Kier molecular flexibility index (Phi) is 5.34. The molecule has 0 saturated carbocycles. The van der Waals surface area contributed by atoms with E-state index in [-0.39, 0.29) is 5.57 Å². The van der Waals surface area contributed by atoms with Crippen LogP contribution in [0.3, 0.4) is 0 Å². The Bertz CT molecular complexity index is 971. The zero-order valence-corrected chi connectivity index (χ0v) is 16.8. The van der Waals surface area contributed by atoms with Gasteiger partial charge in [0.15, 0.2) is 0 Å². The first-order valence-electron chi connectivity index (χ1n) is 7.92. The van der Waals surface area contributed by atoms with E-state index in [0.29, 0.717) is 16.3 Å². The molecule has 0 aliphatic carbocycles. The van der Waals surface area contributed by atoms with E-state index in [1.165, 1.54) is 18.2 Å². The van der Waals surface area contributed by atoms with Crippen LogP contribution in [-0.2, 0) is 9.59 Å². The Hall–Kier alpha value is -2.64. The third-order valence-corrected chi connectivity index (χ3v) is 4.84. The summed E-state index contributed by atoms with van der Waals surface area (Å²) in [6.07, 6.45) is 1.46. The molecule has 8 heteroatoms. The van der Waals surface area contributed by atoms with Crippen LogP contribution in [-0.4, -0.2) is 31.9 Å². The maximum atomic E-state index is 12.8. The largest absolute Gasteiger partial charge is 0.377 e. The highest BCUT2D eigenvalue weighted by molar-refractivity contribution is 9.10. The van der Waals surface area contributed by atoms with Crippen molar-refractivity contribution >= 4 is 62.8 Å². The lowest BCUT2D eigenvalue weighted by molar-refractivity contribution is -0.122. The van der Waals surface area contributed by atoms with Gasteiger partial charge in [-0.05, 0) is 64.0 Å². The SMILES string of the molecule is CN(C)c1ccc(C=C2C(=O)NC(=O)N(c3ccc(Cl)cc3)C2=O)cc1Br. The van der Waals surface area contributed by atoms with Crippen LogP contribution >= 0.6 is 27.5 Å². The van der Waals surface area contributed by atoms with Gasteiger partial charge >= 0.3 is 6.03 Å². The maximum Gasteiger partial charge on any atom is 0.335 e. The van der Waals surface area contributed by atoms with Crippen LogP contribution < -0.4 is 15.1 Å². The number of hydrogen-bond donors (Lipinski definition) is 1. The molecule has 1 N–H and O–H groups in total. The molecule has 1 heterocycles. The first kappa shape index (κ1) is 19.1. The summed E-state index contributed by atoms with van der Waals surface area (Å²) in [6.45, 7) is 0. The number of nitrogens with one attached hydrogen (secondary N) is 1. The van der Waals surface area contributed by atoms with Crippen LogP contribution in [0.15, 0.2) is 52.5 Å². The van der Waals surface area contributed by atoms with Gasteiger partial charge in [0.2, 0.25) is 0 Å². The van der Waals surface area contributed by atoms with E-state index in [1.807, 2.05) is 25.1 Å². The van der Waals surface area contributed by atoms with E-state index in [2.05, 4.69) is 21.2 Å². The van der Waals surface area contributed by atoms with Crippen molar-refractivity contribution in [2.45, 2.75) is 0 Å². The van der Waals surface area contributed by atoms with Gasteiger partial charge in [0.1, 0.15) is 5.57 Å². The molecule has 0 atom stereocenters. The summed E-state index contributed by atoms with van der Waals surface area (Å²) in [4.78, 5) is 40.1. The third-order valence-electron chi connectivity index (χ3n) is 3.95. The van der Waals surface area contributed by atoms with Gasteiger partial charge in [-0.2, -0.15) is 0 Å². The highest BCUT2D eigenvalue weighted by Gasteiger charge is 2.36. The van der Waals surface area contributed by atoms with E-state index < -0.39 is 17.8 Å². The molecule has 0 unspecified atom stereocenters. The summed E-state index contributed by atoms with van der Waals surface area (Å²) >= 11 is 9.33. The monoisotopic (exact) mass is 447 g/mol. The second-order valence-electron chi connectivity index (χ2n) is 6.04. The Labute approximate surface area is 169 Å². The van der Waals surface area contributed by atoms with Crippen molar-refractivity contribution in [3.63, 3.8) is 0 Å². The summed E-state index contributed by atoms with van der Waals surface area (Å²) in [5, 5.41) is 2.67. The number of hydrogen-bond acceptors (Lipinski definition) is 4. The molecule has 1 fully saturated rings. The fourth-order valence-corrected chi connectivity index (χ4v) is 3.50. The van der Waals surface area contributed by atoms with Crippen molar-refractivity contribution in [3.8, 4) is 0 Å². The molecule has 3 rings (SSSR count). The fourth-order valence-electron chi connectivity index (χ4n) is 2.62. The molecule has 1 aliphatic rings. The van der Waals surface area contributed by atoms with Crippen molar-refractivity contribution in [2.24, 2.45) is 0 Å². The number of nitrogens with zero attached hydrogens (tertiary/aromatic N) is 2. The van der Waals surface area contributed by atoms with Crippen molar-refractivity contribution in [1.82, 2.24) is 5.32 Å². The summed E-state index contributed by atoms with van der Waals surface area (Å²) in [5.41, 5.74) is 1.80. The van der Waals surface area contributed by atoms with E-state index >= 15 is 0 Å². The van der Waals surface area contributed by atoms with Gasteiger partial charge in [-0.15, -0.1) is 0 Å². The molecular formula is C19H15BrClN3O3. The van der Waals surface area contributed by atoms with Crippen LogP contribution in [0.25, 0.3) is 6.08 Å². The smallest absolute Gasteiger partial charge is 0.335 e. The lowest BCUT2D eigenvalue weighted by Gasteiger charge is -2.26. The van der Waals surface area contributed by atoms with Gasteiger partial charge in [-0.3, -0.25) is 14.9 Å². The quantitative estimate of drug-likeness (QED) is 0.572. The number of urea groups is 1. The minimum atomic E-state index is -0.798. The average Bonchev–Trinajstić information content (AvgIpc) is 2.60. The van der Waals surface area contributed by atoms with Crippen LogP contribution in [0.4, 0.5) is 16.2 Å². The van der Waals surface area contributed by atoms with Gasteiger partial charge in [-0.1, -0.05) is 17.7 Å². The van der Waals surface area contributed by atoms with Crippen molar-refractivity contribution < 1.29 is 14.4 Å². The molecule has 6 nitrogen and oxygen atoms in total. The minimum absolute atomic E-state index is 0.131. The van der Waals surface area contributed by atoms with Crippen LogP contribution in [0.1, 0.15) is 5.56 Å². The standard InChI is InChI=1S/C19H15BrClN3O3/c1-23(2)16-8-3-11(10-15(16)20)9-14-17(25)22-19(27)24(18(14)26)13-6-4-12(21)5-7-13/h3-10H,1-2H3,(H,22,25,27). The second-order valence-corrected chi connectivity index (χ2v) is 7.33. The van der Waals surface area contributed by atoms with Crippen molar-refractivity contribution in [1.29, 1.82) is 0 Å². The Morgan fingerprint density at radius 1 is 1.07 bits per heavy atom. The first-order chi connectivity index (χ1) is 12.8. The lowest BCUT2D eigenvalue weighted by atomic mass is 10.1. The summed E-state index contributed by atoms with van der Waals surface area (Å²) < 4.78 is 0.816. The number of halogens is 2. The molecule has 27 heavy (non-hydrogen) atoms. The van der Waals surface area contributed by atoms with Gasteiger partial charge in [0, 0.05) is 23.6 Å². The first-order valence-corrected chi connectivity index (χ1v) is 9.09. The zero-order chi connectivity index (χ0) is 19.7. The third kappa shape index (κ3) is 3.89. The number of imide groups is 2. The van der Waals surface area contributed by atoms with Crippen LogP contribution in [0, 0.1) is 0 Å². The number of carbonyl (C=O) groups is 3. The minimum Gasteiger partial charge on any atom is -0.377 e. The topological polar surface area (TPSA) is 69.7 Å². The van der Waals surface area contributed by atoms with E-state index in [0.717, 1.165) is 15.1 Å². The molecule has 0 radical (unpaired) electrons. The second kappa shape index (κ2) is 7.54. The average molecular weight is 449 g/mol. The van der Waals surface area contributed by atoms with Gasteiger partial charge < -0.3 is 4.90 Å². The van der Waals surface area contributed by atoms with Gasteiger partial charge in [0.05, 0.1) is 11.4 Å². The zero-order valence-electron chi connectivity index (χ0n) is 14.5. The number of rotatable bonds is 3. The molecule has 1 aliphatic heterocycles. The molecule has 0 spiro atoms. The Morgan fingerprint density at radius 2 is 1.74 bits per heavy atom. The Balaban J connectivity index is 1.99. The Morgan fingerprint density at radius 3 is 2.33 bits per heavy atom. The number of anilines is 2. The van der Waals surface area contributed by atoms with Crippen LogP contribution in [0.5, 0.6) is 0 Å². The van der Waals surface area contributed by atoms with Crippen molar-refractivity contribution in [3.05, 3.63) is 63.1 Å². The predicted octanol–water partition coefficient (Wildman–Crippen LogP) is 3.83. The summed E-state index contributed by atoms with van der Waals surface area (Å²) in [5.74, 6) is -1.43. The van der Waals surface area contributed by atoms with Crippen LogP contribution in [0.2, 0.25) is 5.02 Å². The fraction of sp³-hybridized carbons (Fsp3) is 0.105. The van der Waals surface area contributed by atoms with E-state index in [4.69, 9.17) is 11.6 Å². The molecule has 0 aromatic heterocycles. The number of barbiturate groups is 1.